The third kappa shape index (κ3) is 2.86. The van der Waals surface area contributed by atoms with E-state index in [2.05, 4.69) is 9.97 Å². The zero-order chi connectivity index (χ0) is 20.9. The van der Waals surface area contributed by atoms with Gasteiger partial charge in [-0.15, -0.1) is 0 Å². The fourth-order valence-corrected chi connectivity index (χ4v) is 5.02. The maximum Gasteiger partial charge on any atom is 0.268 e. The number of pyridine rings is 1. The van der Waals surface area contributed by atoms with Crippen molar-refractivity contribution in [3.8, 4) is 0 Å². The van der Waals surface area contributed by atoms with Crippen molar-refractivity contribution >= 4 is 44.3 Å². The summed E-state index contributed by atoms with van der Waals surface area (Å²) in [6.07, 6.45) is 1.71. The minimum atomic E-state index is -1.85. The van der Waals surface area contributed by atoms with E-state index in [1.165, 1.54) is 11.3 Å². The number of carbonyl (C=O) groups is 1. The minimum absolute atomic E-state index is 0.226. The van der Waals surface area contributed by atoms with Gasteiger partial charge in [0.25, 0.3) is 5.91 Å². The molecule has 3 N–H and O–H groups in total. The van der Waals surface area contributed by atoms with Gasteiger partial charge in [0, 0.05) is 11.8 Å². The number of fused-ring (bicyclic) bond motifs is 2. The van der Waals surface area contributed by atoms with Crippen LogP contribution in [0.25, 0.3) is 10.3 Å². The molecule has 0 saturated carbocycles. The van der Waals surface area contributed by atoms with Gasteiger partial charge in [-0.25, -0.2) is 19.3 Å². The predicted molar refractivity (Wildman–Crippen MR) is 115 cm³/mol. The number of hydrogen-bond donors (Lipinski definition) is 2. The van der Waals surface area contributed by atoms with E-state index >= 15 is 0 Å². The van der Waals surface area contributed by atoms with Gasteiger partial charge >= 0.3 is 0 Å². The van der Waals surface area contributed by atoms with Gasteiger partial charge in [-0.3, -0.25) is 4.79 Å². The van der Waals surface area contributed by atoms with Crippen LogP contribution < -0.4 is 10.0 Å². The predicted octanol–water partition coefficient (Wildman–Crippen LogP) is 2.46. The Kier molecular flexibility index (Phi) is 4.48. The number of thiazole rings is 1. The van der Waals surface area contributed by atoms with E-state index in [0.29, 0.717) is 21.7 Å². The molecule has 9 heteroatoms. The van der Waals surface area contributed by atoms with Gasteiger partial charge in [0.05, 0.1) is 17.1 Å². The van der Waals surface area contributed by atoms with Crippen LogP contribution in [-0.2, 0) is 27.9 Å². The standard InChI is InChI=1S/C21H16N4O3S2/c22-30(28)14-9-7-13(8-10-14)21(27)15-4-1-2-6-17(15)25(20(21)26)12-18-24-16-5-3-11-23-19(16)29-18/h1-11,27H,12,22H2. The second-order valence-electron chi connectivity index (χ2n) is 6.88. The number of nitrogens with zero attached hydrogens (tertiary/aromatic N) is 3. The van der Waals surface area contributed by atoms with E-state index < -0.39 is 22.5 Å². The third-order valence-electron chi connectivity index (χ3n) is 5.15. The molecule has 0 saturated heterocycles. The van der Waals surface area contributed by atoms with E-state index in [9.17, 15) is 14.1 Å². The molecule has 2 aromatic carbocycles. The Morgan fingerprint density at radius 1 is 1.10 bits per heavy atom. The molecule has 0 bridgehead atoms. The van der Waals surface area contributed by atoms with Crippen molar-refractivity contribution in [2.75, 3.05) is 4.90 Å². The maximum atomic E-state index is 13.5. The number of nitrogens with two attached hydrogens (primary N) is 1. The summed E-state index contributed by atoms with van der Waals surface area (Å²) in [6, 6.07) is 17.1. The lowest BCUT2D eigenvalue weighted by Gasteiger charge is -2.23. The summed E-state index contributed by atoms with van der Waals surface area (Å²) in [5.74, 6) is -0.461. The van der Waals surface area contributed by atoms with Crippen LogP contribution in [0.15, 0.2) is 71.8 Å². The van der Waals surface area contributed by atoms with Crippen LogP contribution in [-0.4, -0.2) is 25.2 Å². The van der Waals surface area contributed by atoms with Gasteiger partial charge in [-0.1, -0.05) is 41.7 Å². The fourth-order valence-electron chi connectivity index (χ4n) is 3.72. The largest absolute Gasteiger partial charge is 0.372 e. The number of hydrogen-bond acceptors (Lipinski definition) is 6. The van der Waals surface area contributed by atoms with Crippen LogP contribution in [0.4, 0.5) is 5.69 Å². The summed E-state index contributed by atoms with van der Waals surface area (Å²) < 4.78 is 11.5. The topological polar surface area (TPSA) is 109 Å². The first kappa shape index (κ1) is 19.0. The van der Waals surface area contributed by atoms with E-state index in [1.54, 1.807) is 53.6 Å². The number of para-hydroxylation sites is 1. The lowest BCUT2D eigenvalue weighted by Crippen LogP contribution is -2.40. The summed E-state index contributed by atoms with van der Waals surface area (Å²) in [7, 11) is -1.64. The molecule has 1 aliphatic rings. The van der Waals surface area contributed by atoms with Gasteiger partial charge < -0.3 is 10.0 Å². The number of rotatable bonds is 4. The zero-order valence-electron chi connectivity index (χ0n) is 15.6. The molecule has 0 radical (unpaired) electrons. The van der Waals surface area contributed by atoms with Crippen molar-refractivity contribution < 1.29 is 14.1 Å². The van der Waals surface area contributed by atoms with Crippen molar-refractivity contribution in [3.05, 3.63) is 83.0 Å². The number of aliphatic hydroxyl groups is 1. The lowest BCUT2D eigenvalue weighted by atomic mass is 9.87. The first-order chi connectivity index (χ1) is 14.5. The molecule has 2 unspecified atom stereocenters. The molecule has 5 rings (SSSR count). The summed E-state index contributed by atoms with van der Waals surface area (Å²) >= 11 is 1.42. The molecule has 7 nitrogen and oxygen atoms in total. The van der Waals surface area contributed by atoms with Crippen molar-refractivity contribution in [3.63, 3.8) is 0 Å². The van der Waals surface area contributed by atoms with Crippen molar-refractivity contribution in [1.82, 2.24) is 9.97 Å². The molecule has 0 aliphatic carbocycles. The Bertz CT molecular complexity index is 1270. The van der Waals surface area contributed by atoms with Crippen molar-refractivity contribution in [2.45, 2.75) is 17.0 Å². The maximum absolute atomic E-state index is 13.5. The first-order valence-corrected chi connectivity index (χ1v) is 11.1. The molecule has 2 atom stereocenters. The smallest absolute Gasteiger partial charge is 0.268 e. The Balaban J connectivity index is 1.57. The van der Waals surface area contributed by atoms with Crippen LogP contribution >= 0.6 is 11.3 Å². The average Bonchev–Trinajstić information content (AvgIpc) is 3.27. The van der Waals surface area contributed by atoms with E-state index in [-0.39, 0.29) is 6.54 Å². The minimum Gasteiger partial charge on any atom is -0.372 e. The summed E-state index contributed by atoms with van der Waals surface area (Å²) in [5, 5.41) is 17.7. The molecule has 0 spiro atoms. The number of carbonyl (C=O) groups excluding carboxylic acids is 1. The number of aromatic nitrogens is 2. The fraction of sp³-hybridized carbons (Fsp3) is 0.0952. The van der Waals surface area contributed by atoms with Crippen LogP contribution in [0.5, 0.6) is 0 Å². The van der Waals surface area contributed by atoms with Gasteiger partial charge in [0.1, 0.15) is 26.3 Å². The van der Waals surface area contributed by atoms with Gasteiger partial charge in [-0.2, -0.15) is 0 Å². The Hall–Kier alpha value is -2.98. The quantitative estimate of drug-likeness (QED) is 0.511. The highest BCUT2D eigenvalue weighted by atomic mass is 32.2. The third-order valence-corrected chi connectivity index (χ3v) is 6.85. The Morgan fingerprint density at radius 2 is 1.87 bits per heavy atom. The summed E-state index contributed by atoms with van der Waals surface area (Å²) in [5.41, 5.74) is 0.445. The van der Waals surface area contributed by atoms with E-state index in [1.807, 2.05) is 18.2 Å². The molecule has 150 valence electrons. The normalized spacial score (nSPS) is 19.3. The van der Waals surface area contributed by atoms with E-state index in [4.69, 9.17) is 5.14 Å². The molecule has 1 amide bonds. The highest BCUT2D eigenvalue weighted by molar-refractivity contribution is 7.82. The SMILES string of the molecule is NS(=O)c1ccc(C2(O)C(=O)N(Cc3nc4cccnc4s3)c3ccccc32)cc1. The van der Waals surface area contributed by atoms with Gasteiger partial charge in [-0.05, 0) is 35.9 Å². The molecule has 4 aromatic rings. The molecular weight excluding hydrogens is 420 g/mol. The highest BCUT2D eigenvalue weighted by Gasteiger charge is 2.51. The van der Waals surface area contributed by atoms with Crippen LogP contribution in [0.2, 0.25) is 0 Å². The molecule has 1 aliphatic heterocycles. The number of anilines is 1. The van der Waals surface area contributed by atoms with Crippen LogP contribution in [0.3, 0.4) is 0 Å². The zero-order valence-corrected chi connectivity index (χ0v) is 17.2. The number of amides is 1. The second kappa shape index (κ2) is 7.06. The molecule has 2 aromatic heterocycles. The molecule has 3 heterocycles. The Labute approximate surface area is 178 Å². The van der Waals surface area contributed by atoms with Crippen LogP contribution in [0.1, 0.15) is 16.1 Å². The van der Waals surface area contributed by atoms with Crippen LogP contribution in [0, 0.1) is 0 Å². The van der Waals surface area contributed by atoms with Gasteiger partial charge in [0.15, 0.2) is 5.60 Å². The average molecular weight is 437 g/mol. The monoisotopic (exact) mass is 436 g/mol. The first-order valence-electron chi connectivity index (χ1n) is 9.09. The second-order valence-corrected chi connectivity index (χ2v) is 9.00. The summed E-state index contributed by atoms with van der Waals surface area (Å²) in [6.45, 7) is 0.226. The van der Waals surface area contributed by atoms with Crippen molar-refractivity contribution in [1.29, 1.82) is 0 Å². The molecule has 30 heavy (non-hydrogen) atoms. The van der Waals surface area contributed by atoms with Crippen molar-refractivity contribution in [2.24, 2.45) is 5.14 Å². The summed E-state index contributed by atoms with van der Waals surface area (Å²) in [4.78, 5) is 25.1. The highest BCUT2D eigenvalue weighted by Crippen LogP contribution is 2.45. The number of benzene rings is 2. The lowest BCUT2D eigenvalue weighted by molar-refractivity contribution is -0.132. The molecule has 0 fully saturated rings. The Morgan fingerprint density at radius 3 is 2.60 bits per heavy atom. The van der Waals surface area contributed by atoms with E-state index in [0.717, 1.165) is 15.4 Å². The molecular formula is C21H16N4O3S2. The van der Waals surface area contributed by atoms with Gasteiger partial charge in [0.2, 0.25) is 0 Å².